The summed E-state index contributed by atoms with van der Waals surface area (Å²) < 4.78 is 0.787. The number of pyridine rings is 1. The van der Waals surface area contributed by atoms with Crippen molar-refractivity contribution < 1.29 is 4.73 Å². The summed E-state index contributed by atoms with van der Waals surface area (Å²) in [5.41, 5.74) is 7.77. The number of aryl methyl sites for hydroxylation is 1. The van der Waals surface area contributed by atoms with Crippen molar-refractivity contribution in [1.82, 2.24) is 0 Å². The molecule has 0 spiro atoms. The van der Waals surface area contributed by atoms with E-state index < -0.39 is 0 Å². The number of rotatable bonds is 0. The third kappa shape index (κ3) is 1.17. The fourth-order valence-electron chi connectivity index (χ4n) is 1.52. The van der Waals surface area contributed by atoms with E-state index in [9.17, 15) is 5.21 Å². The molecular formula is C10H9ClN2O. The summed E-state index contributed by atoms with van der Waals surface area (Å²) in [5.74, 6) is 0. The second kappa shape index (κ2) is 3.03. The lowest BCUT2D eigenvalue weighted by molar-refractivity contribution is -0.577. The van der Waals surface area contributed by atoms with E-state index in [0.717, 1.165) is 15.7 Å². The number of benzene rings is 1. The van der Waals surface area contributed by atoms with Gasteiger partial charge in [0.25, 0.3) is 0 Å². The fourth-order valence-corrected chi connectivity index (χ4v) is 1.68. The van der Waals surface area contributed by atoms with Crippen LogP contribution in [0.4, 0.5) is 5.69 Å². The van der Waals surface area contributed by atoms with Crippen LogP contribution in [-0.4, -0.2) is 0 Å². The SMILES string of the molecule is Cc1cc[n+]([O-])c2ccc(Cl)c(N)c12. The van der Waals surface area contributed by atoms with Gasteiger partial charge in [-0.2, -0.15) is 4.73 Å². The molecule has 0 atom stereocenters. The van der Waals surface area contributed by atoms with Gasteiger partial charge in [0.2, 0.25) is 5.52 Å². The van der Waals surface area contributed by atoms with Crippen molar-refractivity contribution in [2.45, 2.75) is 6.92 Å². The number of aromatic nitrogens is 1. The number of nitrogen functional groups attached to an aromatic ring is 1. The van der Waals surface area contributed by atoms with Crippen LogP contribution >= 0.6 is 11.6 Å². The van der Waals surface area contributed by atoms with E-state index >= 15 is 0 Å². The highest BCUT2D eigenvalue weighted by atomic mass is 35.5. The van der Waals surface area contributed by atoms with Crippen LogP contribution in [0.15, 0.2) is 24.4 Å². The molecule has 4 heteroatoms. The molecule has 0 saturated heterocycles. The lowest BCUT2D eigenvalue weighted by Gasteiger charge is -2.07. The zero-order chi connectivity index (χ0) is 10.3. The number of anilines is 1. The molecule has 0 fully saturated rings. The molecule has 2 N–H and O–H groups in total. The zero-order valence-electron chi connectivity index (χ0n) is 7.62. The summed E-state index contributed by atoms with van der Waals surface area (Å²) in [6.45, 7) is 1.90. The number of fused-ring (bicyclic) bond motifs is 1. The van der Waals surface area contributed by atoms with Gasteiger partial charge in [0.1, 0.15) is 0 Å². The van der Waals surface area contributed by atoms with Gasteiger partial charge in [0.15, 0.2) is 6.20 Å². The minimum absolute atomic E-state index is 0.465. The second-order valence-electron chi connectivity index (χ2n) is 3.18. The van der Waals surface area contributed by atoms with Crippen LogP contribution in [0.5, 0.6) is 0 Å². The number of hydrogen-bond acceptors (Lipinski definition) is 2. The Morgan fingerprint density at radius 3 is 2.79 bits per heavy atom. The van der Waals surface area contributed by atoms with E-state index in [0.29, 0.717) is 16.2 Å². The maximum atomic E-state index is 11.4. The first-order valence-electron chi connectivity index (χ1n) is 4.17. The largest absolute Gasteiger partial charge is 0.618 e. The molecule has 1 aromatic carbocycles. The molecular weight excluding hydrogens is 200 g/mol. The lowest BCUT2D eigenvalue weighted by Crippen LogP contribution is -2.26. The Hall–Kier alpha value is -1.48. The third-order valence-electron chi connectivity index (χ3n) is 2.26. The summed E-state index contributed by atoms with van der Waals surface area (Å²) in [6, 6.07) is 5.03. The van der Waals surface area contributed by atoms with Crippen LogP contribution in [0.2, 0.25) is 5.02 Å². The van der Waals surface area contributed by atoms with Gasteiger partial charge in [-0.15, -0.1) is 0 Å². The Labute approximate surface area is 86.3 Å². The standard InChI is InChI=1S/C10H9ClN2O/c1-6-4-5-13(14)8-3-2-7(11)10(12)9(6)8/h2-5H,12H2,1H3. The van der Waals surface area contributed by atoms with Crippen molar-refractivity contribution >= 4 is 28.2 Å². The summed E-state index contributed by atoms with van der Waals surface area (Å²) in [7, 11) is 0. The highest BCUT2D eigenvalue weighted by Crippen LogP contribution is 2.28. The quantitative estimate of drug-likeness (QED) is 0.409. The van der Waals surface area contributed by atoms with E-state index in [1.165, 1.54) is 6.20 Å². The predicted molar refractivity (Wildman–Crippen MR) is 57.1 cm³/mol. The van der Waals surface area contributed by atoms with Crippen LogP contribution < -0.4 is 10.5 Å². The van der Waals surface area contributed by atoms with Gasteiger partial charge >= 0.3 is 0 Å². The first-order chi connectivity index (χ1) is 6.61. The molecule has 1 heterocycles. The highest BCUT2D eigenvalue weighted by Gasteiger charge is 2.11. The third-order valence-corrected chi connectivity index (χ3v) is 2.59. The Balaban J connectivity index is 3.01. The molecule has 1 aromatic heterocycles. The summed E-state index contributed by atoms with van der Waals surface area (Å²) in [5, 5.41) is 12.6. The van der Waals surface area contributed by atoms with Gasteiger partial charge in [-0.05, 0) is 18.6 Å². The van der Waals surface area contributed by atoms with Gasteiger partial charge < -0.3 is 10.9 Å². The van der Waals surface area contributed by atoms with Crippen molar-refractivity contribution in [2.24, 2.45) is 0 Å². The molecule has 0 amide bonds. The Morgan fingerprint density at radius 1 is 1.36 bits per heavy atom. The molecule has 0 unspecified atom stereocenters. The van der Waals surface area contributed by atoms with Crippen molar-refractivity contribution in [3.8, 4) is 0 Å². The minimum atomic E-state index is 0.465. The Bertz CT molecular complexity index is 511. The Kier molecular flexibility index (Phi) is 1.97. The molecule has 0 aliphatic carbocycles. The van der Waals surface area contributed by atoms with Crippen LogP contribution in [0.3, 0.4) is 0 Å². The van der Waals surface area contributed by atoms with Gasteiger partial charge in [-0.3, -0.25) is 0 Å². The van der Waals surface area contributed by atoms with E-state index in [4.69, 9.17) is 17.3 Å². The van der Waals surface area contributed by atoms with Gasteiger partial charge in [-0.25, -0.2) is 0 Å². The number of nitrogens with two attached hydrogens (primary N) is 1. The molecule has 0 aliphatic heterocycles. The van der Waals surface area contributed by atoms with Crippen molar-refractivity contribution in [3.63, 3.8) is 0 Å². The molecule has 3 nitrogen and oxygen atoms in total. The summed E-state index contributed by atoms with van der Waals surface area (Å²) in [6.07, 6.45) is 1.46. The predicted octanol–water partition coefficient (Wildman–Crippen LogP) is 2.02. The molecule has 0 aliphatic rings. The van der Waals surface area contributed by atoms with E-state index in [1.54, 1.807) is 18.2 Å². The van der Waals surface area contributed by atoms with Crippen LogP contribution in [0.25, 0.3) is 10.9 Å². The normalized spacial score (nSPS) is 10.7. The van der Waals surface area contributed by atoms with E-state index in [2.05, 4.69) is 0 Å². The second-order valence-corrected chi connectivity index (χ2v) is 3.59. The maximum absolute atomic E-state index is 11.4. The minimum Gasteiger partial charge on any atom is -0.618 e. The van der Waals surface area contributed by atoms with Gasteiger partial charge in [0.05, 0.1) is 16.1 Å². The fraction of sp³-hybridized carbons (Fsp3) is 0.100. The molecule has 0 radical (unpaired) electrons. The maximum Gasteiger partial charge on any atom is 0.226 e. The highest BCUT2D eigenvalue weighted by molar-refractivity contribution is 6.34. The summed E-state index contributed by atoms with van der Waals surface area (Å²) in [4.78, 5) is 0. The number of hydrogen-bond donors (Lipinski definition) is 1. The lowest BCUT2D eigenvalue weighted by atomic mass is 10.1. The average Bonchev–Trinajstić information content (AvgIpc) is 2.16. The number of halogens is 1. The van der Waals surface area contributed by atoms with Crippen molar-refractivity contribution in [2.75, 3.05) is 5.73 Å². The van der Waals surface area contributed by atoms with E-state index in [-0.39, 0.29) is 0 Å². The molecule has 14 heavy (non-hydrogen) atoms. The van der Waals surface area contributed by atoms with Gasteiger partial charge in [0, 0.05) is 12.1 Å². The van der Waals surface area contributed by atoms with Crippen molar-refractivity contribution in [1.29, 1.82) is 0 Å². The topological polar surface area (TPSA) is 53.0 Å². The molecule has 0 saturated carbocycles. The summed E-state index contributed by atoms with van der Waals surface area (Å²) >= 11 is 5.88. The molecule has 0 bridgehead atoms. The Morgan fingerprint density at radius 2 is 2.07 bits per heavy atom. The van der Waals surface area contributed by atoms with Gasteiger partial charge in [-0.1, -0.05) is 11.6 Å². The zero-order valence-corrected chi connectivity index (χ0v) is 8.38. The molecule has 2 rings (SSSR count). The van der Waals surface area contributed by atoms with Crippen LogP contribution in [-0.2, 0) is 0 Å². The molecule has 72 valence electrons. The average molecular weight is 209 g/mol. The first-order valence-corrected chi connectivity index (χ1v) is 4.55. The van der Waals surface area contributed by atoms with E-state index in [1.807, 2.05) is 6.92 Å². The van der Waals surface area contributed by atoms with Crippen molar-refractivity contribution in [3.05, 3.63) is 40.2 Å². The first kappa shape index (κ1) is 9.09. The van der Waals surface area contributed by atoms with Crippen LogP contribution in [0, 0.1) is 12.1 Å². The van der Waals surface area contributed by atoms with Crippen LogP contribution in [0.1, 0.15) is 5.56 Å². The number of nitrogens with zero attached hydrogens (tertiary/aromatic N) is 1. The smallest absolute Gasteiger partial charge is 0.226 e. The molecule has 2 aromatic rings. The monoisotopic (exact) mass is 208 g/mol.